The third kappa shape index (κ3) is 2.44. The van der Waals surface area contributed by atoms with Crippen LogP contribution in [0.15, 0.2) is 18.2 Å². The van der Waals surface area contributed by atoms with Gasteiger partial charge in [-0.05, 0) is 36.7 Å². The van der Waals surface area contributed by atoms with Gasteiger partial charge in [-0.1, -0.05) is 11.6 Å². The Bertz CT molecular complexity index is 325. The second kappa shape index (κ2) is 4.25. The van der Waals surface area contributed by atoms with E-state index in [1.54, 1.807) is 18.2 Å². The first-order valence-corrected chi connectivity index (χ1v) is 4.31. The SMILES string of the molecule is NCCc1cc(Cl)ccc1C(N)=O. The molecule has 0 atom stereocenters. The van der Waals surface area contributed by atoms with Crippen molar-refractivity contribution in [1.82, 2.24) is 0 Å². The summed E-state index contributed by atoms with van der Waals surface area (Å²) in [6.07, 6.45) is 0.610. The summed E-state index contributed by atoms with van der Waals surface area (Å²) in [5.74, 6) is -0.444. The van der Waals surface area contributed by atoms with Crippen LogP contribution in [-0.2, 0) is 6.42 Å². The van der Waals surface area contributed by atoms with Crippen molar-refractivity contribution in [3.05, 3.63) is 34.3 Å². The maximum absolute atomic E-state index is 10.9. The van der Waals surface area contributed by atoms with Crippen LogP contribution in [0.3, 0.4) is 0 Å². The van der Waals surface area contributed by atoms with Gasteiger partial charge in [-0.2, -0.15) is 0 Å². The number of primary amides is 1. The Morgan fingerprint density at radius 2 is 2.15 bits per heavy atom. The van der Waals surface area contributed by atoms with Gasteiger partial charge in [0.15, 0.2) is 0 Å². The lowest BCUT2D eigenvalue weighted by Crippen LogP contribution is -2.15. The standard InChI is InChI=1S/C9H11ClN2O/c10-7-1-2-8(9(12)13)6(5-7)3-4-11/h1-2,5H,3-4,11H2,(H2,12,13). The summed E-state index contributed by atoms with van der Waals surface area (Å²) in [5.41, 5.74) is 11.9. The second-order valence-corrected chi connectivity index (χ2v) is 3.14. The molecule has 4 heteroatoms. The van der Waals surface area contributed by atoms with E-state index in [0.717, 1.165) is 5.56 Å². The first-order chi connectivity index (χ1) is 6.15. The smallest absolute Gasteiger partial charge is 0.248 e. The molecule has 0 spiro atoms. The summed E-state index contributed by atoms with van der Waals surface area (Å²) in [5, 5.41) is 0.591. The van der Waals surface area contributed by atoms with E-state index in [9.17, 15) is 4.79 Å². The predicted octanol–water partition coefficient (Wildman–Crippen LogP) is 0.940. The number of halogens is 1. The molecule has 0 unspecified atom stereocenters. The fourth-order valence-corrected chi connectivity index (χ4v) is 1.36. The molecule has 4 N–H and O–H groups in total. The number of nitrogens with two attached hydrogens (primary N) is 2. The van der Waals surface area contributed by atoms with E-state index in [1.807, 2.05) is 0 Å². The predicted molar refractivity (Wildman–Crippen MR) is 52.7 cm³/mol. The molecule has 0 aliphatic carbocycles. The van der Waals surface area contributed by atoms with Gasteiger partial charge in [0.25, 0.3) is 0 Å². The van der Waals surface area contributed by atoms with Gasteiger partial charge >= 0.3 is 0 Å². The molecule has 0 fully saturated rings. The topological polar surface area (TPSA) is 69.1 Å². The van der Waals surface area contributed by atoms with E-state index >= 15 is 0 Å². The average molecular weight is 199 g/mol. The van der Waals surface area contributed by atoms with E-state index in [4.69, 9.17) is 23.1 Å². The fraction of sp³-hybridized carbons (Fsp3) is 0.222. The molecule has 1 rings (SSSR count). The normalized spacial score (nSPS) is 10.0. The summed E-state index contributed by atoms with van der Waals surface area (Å²) < 4.78 is 0. The van der Waals surface area contributed by atoms with E-state index in [0.29, 0.717) is 23.6 Å². The van der Waals surface area contributed by atoms with Crippen molar-refractivity contribution in [3.8, 4) is 0 Å². The lowest BCUT2D eigenvalue weighted by molar-refractivity contribution is 0.0999. The Labute approximate surface area is 81.7 Å². The zero-order valence-corrected chi connectivity index (χ0v) is 7.84. The molecule has 1 aromatic rings. The number of benzene rings is 1. The van der Waals surface area contributed by atoms with Crippen LogP contribution in [-0.4, -0.2) is 12.5 Å². The number of carbonyl (C=O) groups excluding carboxylic acids is 1. The molecule has 3 nitrogen and oxygen atoms in total. The maximum atomic E-state index is 10.9. The van der Waals surface area contributed by atoms with Crippen molar-refractivity contribution < 1.29 is 4.79 Å². The zero-order valence-electron chi connectivity index (χ0n) is 7.09. The molecule has 0 saturated carbocycles. The number of hydrogen-bond donors (Lipinski definition) is 2. The number of hydrogen-bond acceptors (Lipinski definition) is 2. The van der Waals surface area contributed by atoms with Crippen LogP contribution in [0, 0.1) is 0 Å². The summed E-state index contributed by atoms with van der Waals surface area (Å²) >= 11 is 5.76. The quantitative estimate of drug-likeness (QED) is 0.759. The highest BCUT2D eigenvalue weighted by Crippen LogP contribution is 2.15. The molecule has 0 saturated heterocycles. The zero-order chi connectivity index (χ0) is 9.84. The second-order valence-electron chi connectivity index (χ2n) is 2.70. The Balaban J connectivity index is 3.10. The molecule has 1 aromatic carbocycles. The average Bonchev–Trinajstić information content (AvgIpc) is 2.04. The largest absolute Gasteiger partial charge is 0.366 e. The van der Waals surface area contributed by atoms with Crippen molar-refractivity contribution in [1.29, 1.82) is 0 Å². The third-order valence-corrected chi connectivity index (χ3v) is 1.98. The molecule has 13 heavy (non-hydrogen) atoms. The highest BCUT2D eigenvalue weighted by atomic mass is 35.5. The van der Waals surface area contributed by atoms with Gasteiger partial charge in [0, 0.05) is 10.6 Å². The maximum Gasteiger partial charge on any atom is 0.248 e. The molecule has 0 aliphatic heterocycles. The fourth-order valence-electron chi connectivity index (χ4n) is 1.17. The van der Waals surface area contributed by atoms with E-state index in [2.05, 4.69) is 0 Å². The van der Waals surface area contributed by atoms with E-state index < -0.39 is 5.91 Å². The minimum absolute atomic E-state index is 0.444. The first-order valence-electron chi connectivity index (χ1n) is 3.93. The van der Waals surface area contributed by atoms with Crippen LogP contribution < -0.4 is 11.5 Å². The van der Waals surface area contributed by atoms with Gasteiger partial charge in [-0.25, -0.2) is 0 Å². The van der Waals surface area contributed by atoms with Crippen LogP contribution in [0.4, 0.5) is 0 Å². The number of carbonyl (C=O) groups is 1. The summed E-state index contributed by atoms with van der Waals surface area (Å²) in [6.45, 7) is 0.473. The molecular formula is C9H11ClN2O. The minimum Gasteiger partial charge on any atom is -0.366 e. The summed E-state index contributed by atoms with van der Waals surface area (Å²) in [4.78, 5) is 10.9. The third-order valence-electron chi connectivity index (χ3n) is 1.75. The molecule has 0 heterocycles. The van der Waals surface area contributed by atoms with Gasteiger partial charge in [0.2, 0.25) is 5.91 Å². The van der Waals surface area contributed by atoms with Gasteiger partial charge < -0.3 is 11.5 Å². The summed E-state index contributed by atoms with van der Waals surface area (Å²) in [7, 11) is 0. The molecule has 70 valence electrons. The molecule has 1 amide bonds. The van der Waals surface area contributed by atoms with Crippen molar-refractivity contribution in [2.75, 3.05) is 6.54 Å². The van der Waals surface area contributed by atoms with Gasteiger partial charge in [-0.3, -0.25) is 4.79 Å². The monoisotopic (exact) mass is 198 g/mol. The Morgan fingerprint density at radius 1 is 1.46 bits per heavy atom. The molecule has 0 aliphatic rings. The number of rotatable bonds is 3. The Morgan fingerprint density at radius 3 is 2.69 bits per heavy atom. The highest BCUT2D eigenvalue weighted by Gasteiger charge is 2.07. The van der Waals surface area contributed by atoms with Crippen LogP contribution in [0.5, 0.6) is 0 Å². The lowest BCUT2D eigenvalue weighted by Gasteiger charge is -2.05. The van der Waals surface area contributed by atoms with Crippen LogP contribution >= 0.6 is 11.6 Å². The van der Waals surface area contributed by atoms with Crippen molar-refractivity contribution in [2.24, 2.45) is 11.5 Å². The molecular weight excluding hydrogens is 188 g/mol. The van der Waals surface area contributed by atoms with Crippen LogP contribution in [0.25, 0.3) is 0 Å². The first kappa shape index (κ1) is 10.0. The highest BCUT2D eigenvalue weighted by molar-refractivity contribution is 6.30. The molecule has 0 bridgehead atoms. The van der Waals surface area contributed by atoms with E-state index in [-0.39, 0.29) is 0 Å². The Hall–Kier alpha value is -1.06. The number of amides is 1. The van der Waals surface area contributed by atoms with Gasteiger partial charge in [0.05, 0.1) is 0 Å². The molecule has 0 radical (unpaired) electrons. The van der Waals surface area contributed by atoms with Gasteiger partial charge in [0.1, 0.15) is 0 Å². The lowest BCUT2D eigenvalue weighted by atomic mass is 10.0. The van der Waals surface area contributed by atoms with Crippen molar-refractivity contribution >= 4 is 17.5 Å². The van der Waals surface area contributed by atoms with E-state index in [1.165, 1.54) is 0 Å². The Kier molecular flexibility index (Phi) is 3.28. The minimum atomic E-state index is -0.444. The van der Waals surface area contributed by atoms with Crippen LogP contribution in [0.1, 0.15) is 15.9 Å². The summed E-state index contributed by atoms with van der Waals surface area (Å²) in [6, 6.07) is 4.98. The van der Waals surface area contributed by atoms with Crippen LogP contribution in [0.2, 0.25) is 5.02 Å². The van der Waals surface area contributed by atoms with Crippen molar-refractivity contribution in [2.45, 2.75) is 6.42 Å². The van der Waals surface area contributed by atoms with Gasteiger partial charge in [-0.15, -0.1) is 0 Å². The van der Waals surface area contributed by atoms with Crippen molar-refractivity contribution in [3.63, 3.8) is 0 Å². The molecule has 0 aromatic heterocycles.